The predicted molar refractivity (Wildman–Crippen MR) is 386 cm³/mol. The first-order valence-corrected chi connectivity index (χ1v) is 31.6. The van der Waals surface area contributed by atoms with Crippen LogP contribution in [0.3, 0.4) is 0 Å². The molecule has 92 heavy (non-hydrogen) atoms. The van der Waals surface area contributed by atoms with Gasteiger partial charge < -0.3 is 27.4 Å². The maximum Gasteiger partial charge on any atom is 0.159 e. The Balaban J connectivity index is 0.854. The summed E-state index contributed by atoms with van der Waals surface area (Å²) in [5, 5.41) is 18.6. The second-order valence-electron chi connectivity index (χ2n) is 24.6. The van der Waals surface area contributed by atoms with Gasteiger partial charge in [-0.2, -0.15) is 0 Å². The van der Waals surface area contributed by atoms with Gasteiger partial charge in [-0.15, -0.1) is 0 Å². The summed E-state index contributed by atoms with van der Waals surface area (Å²) in [4.78, 5) is 4.99. The van der Waals surface area contributed by atoms with E-state index in [1.165, 1.54) is 75.7 Å². The molecule has 0 aliphatic heterocycles. The summed E-state index contributed by atoms with van der Waals surface area (Å²) in [7, 11) is 0. The van der Waals surface area contributed by atoms with Crippen LogP contribution in [-0.2, 0) is 0 Å². The minimum Gasteiger partial charge on any atom is -0.454 e. The largest absolute Gasteiger partial charge is 0.454 e. The average Bonchev–Trinajstić information content (AvgIpc) is 1.51. The fourth-order valence-corrected chi connectivity index (χ4v) is 16.1. The van der Waals surface area contributed by atoms with Crippen LogP contribution in [0, 0.1) is 0 Å². The van der Waals surface area contributed by atoms with Crippen LogP contribution in [0.1, 0.15) is 0 Å². The molecule has 0 N–H and O–H groups in total. The summed E-state index contributed by atoms with van der Waals surface area (Å²) in [5.41, 5.74) is 21.2. The van der Waals surface area contributed by atoms with Crippen LogP contribution in [-0.4, -0.2) is 8.80 Å². The molecule has 6 nitrogen and oxygen atoms in total. The van der Waals surface area contributed by atoms with E-state index in [4.69, 9.17) is 8.83 Å². The summed E-state index contributed by atoms with van der Waals surface area (Å²) in [6, 6.07) is 111. The lowest BCUT2D eigenvalue weighted by Gasteiger charge is -2.29. The highest BCUT2D eigenvalue weighted by Gasteiger charge is 2.32. The Bertz CT molecular complexity index is 6240. The number of hydrogen-bond acceptors (Lipinski definition) is 4. The highest BCUT2D eigenvalue weighted by molar-refractivity contribution is 6.33. The number of aromatic nitrogens is 2. The maximum atomic E-state index is 7.03. The van der Waals surface area contributed by atoms with Crippen molar-refractivity contribution in [2.24, 2.45) is 0 Å². The minimum absolute atomic E-state index is 0.840. The fourth-order valence-electron chi connectivity index (χ4n) is 16.1. The van der Waals surface area contributed by atoms with Crippen molar-refractivity contribution in [2.45, 2.75) is 0 Å². The molecule has 6 heteroatoms. The first kappa shape index (κ1) is 49.6. The Labute approximate surface area is 525 Å². The van der Waals surface area contributed by atoms with Crippen LogP contribution in [0.4, 0.5) is 34.1 Å². The number of fused-ring (bicyclic) bond motifs is 20. The molecule has 15 aromatic carbocycles. The van der Waals surface area contributed by atoms with Crippen LogP contribution < -0.4 is 9.80 Å². The van der Waals surface area contributed by atoms with Gasteiger partial charge in [0.25, 0.3) is 0 Å². The number of hydrogen-bond donors (Lipinski definition) is 0. The molecule has 0 radical (unpaired) electrons. The molecule has 21 aromatic rings. The molecule has 21 rings (SSSR count). The van der Waals surface area contributed by atoms with E-state index in [-0.39, 0.29) is 0 Å². The molecule has 426 valence electrons. The lowest BCUT2D eigenvalue weighted by molar-refractivity contribution is 0.669. The van der Waals surface area contributed by atoms with Gasteiger partial charge in [0, 0.05) is 75.8 Å². The molecule has 0 aliphatic rings. The van der Waals surface area contributed by atoms with Crippen LogP contribution in [0.5, 0.6) is 0 Å². The lowest BCUT2D eigenvalue weighted by atomic mass is 9.94. The molecule has 0 aliphatic carbocycles. The topological polar surface area (TPSA) is 41.6 Å². The summed E-state index contributed by atoms with van der Waals surface area (Å²) in [6.07, 6.45) is 0. The predicted octanol–water partition coefficient (Wildman–Crippen LogP) is 24.4. The van der Waals surface area contributed by atoms with Gasteiger partial charge in [-0.1, -0.05) is 231 Å². The molecular formula is C86H50N4O2. The van der Waals surface area contributed by atoms with Gasteiger partial charge in [-0.3, -0.25) is 0 Å². The van der Waals surface area contributed by atoms with Crippen molar-refractivity contribution in [1.82, 2.24) is 8.80 Å². The number of nitrogens with zero attached hydrogens (tertiary/aromatic N) is 4. The molecule has 0 amide bonds. The Kier molecular flexibility index (Phi) is 10.0. The summed E-state index contributed by atoms with van der Waals surface area (Å²) < 4.78 is 19.2. The van der Waals surface area contributed by atoms with E-state index in [1.54, 1.807) is 0 Å². The standard InChI is InChI=1S/C86H50N4O2/c1-3-23-53(24-4-1)79-55-27-9-7-21-51(55)41-45-69(79)87(73-37-19-33-61-57-29-13-17-39-77(57)91-85(61)73)71-47-43-59-65-49-76-66(50-75(65)89-67-35-15-11-31-63(67)81(71)83(59)89)60-44-48-72(82-64-32-12-16-36-68(64)90(76)84(60)82)88(74-38-20-34-62-58-30-14-18-40-78(58)92-86(62)74)70-46-42-52-22-8-10-28-56(52)80(70)54-25-5-2-6-26-54/h1-50H. The third-order valence-corrected chi connectivity index (χ3v) is 19.9. The molecule has 0 saturated heterocycles. The Morgan fingerprint density at radius 2 is 0.598 bits per heavy atom. The monoisotopic (exact) mass is 1170 g/mol. The van der Waals surface area contributed by atoms with E-state index >= 15 is 0 Å². The second-order valence-corrected chi connectivity index (χ2v) is 24.6. The van der Waals surface area contributed by atoms with Crippen LogP contribution >= 0.6 is 0 Å². The van der Waals surface area contributed by atoms with Gasteiger partial charge in [0.1, 0.15) is 11.2 Å². The van der Waals surface area contributed by atoms with Gasteiger partial charge in [0.2, 0.25) is 0 Å². The molecule has 0 fully saturated rings. The van der Waals surface area contributed by atoms with Crippen molar-refractivity contribution in [3.05, 3.63) is 303 Å². The number of benzene rings is 15. The zero-order chi connectivity index (χ0) is 59.9. The average molecular weight is 1170 g/mol. The lowest BCUT2D eigenvalue weighted by Crippen LogP contribution is -2.12. The van der Waals surface area contributed by atoms with E-state index < -0.39 is 0 Å². The Hall–Kier alpha value is -12.4. The normalized spacial score (nSPS) is 12.3. The maximum absolute atomic E-state index is 7.03. The van der Waals surface area contributed by atoms with Gasteiger partial charge >= 0.3 is 0 Å². The number of rotatable bonds is 8. The first-order valence-electron chi connectivity index (χ1n) is 31.6. The van der Waals surface area contributed by atoms with Gasteiger partial charge in [-0.05, 0) is 105 Å². The summed E-state index contributed by atoms with van der Waals surface area (Å²) in [6.45, 7) is 0. The number of anilines is 6. The molecule has 0 unspecified atom stereocenters. The van der Waals surface area contributed by atoms with Crippen LogP contribution in [0.2, 0.25) is 0 Å². The van der Waals surface area contributed by atoms with Crippen molar-refractivity contribution >= 4 is 176 Å². The highest BCUT2D eigenvalue weighted by Crippen LogP contribution is 2.56. The van der Waals surface area contributed by atoms with E-state index in [0.717, 1.165) is 122 Å². The molecule has 6 aromatic heterocycles. The third-order valence-electron chi connectivity index (χ3n) is 19.9. The van der Waals surface area contributed by atoms with Crippen molar-refractivity contribution in [3.63, 3.8) is 0 Å². The number of para-hydroxylation sites is 6. The quantitative estimate of drug-likeness (QED) is 0.152. The Morgan fingerprint density at radius 1 is 0.228 bits per heavy atom. The first-order chi connectivity index (χ1) is 45.7. The van der Waals surface area contributed by atoms with Crippen LogP contribution in [0.25, 0.3) is 164 Å². The molecular weight excluding hydrogens is 1120 g/mol. The molecule has 0 saturated carbocycles. The Morgan fingerprint density at radius 3 is 1.05 bits per heavy atom. The summed E-state index contributed by atoms with van der Waals surface area (Å²) >= 11 is 0. The zero-order valence-electron chi connectivity index (χ0n) is 49.5. The van der Waals surface area contributed by atoms with Crippen molar-refractivity contribution in [3.8, 4) is 22.3 Å². The minimum atomic E-state index is 0.840. The van der Waals surface area contributed by atoms with Crippen molar-refractivity contribution in [1.29, 1.82) is 0 Å². The van der Waals surface area contributed by atoms with Gasteiger partial charge in [-0.25, -0.2) is 0 Å². The van der Waals surface area contributed by atoms with Gasteiger partial charge in [0.05, 0.1) is 67.2 Å². The zero-order valence-corrected chi connectivity index (χ0v) is 49.5. The molecule has 0 atom stereocenters. The highest BCUT2D eigenvalue weighted by atomic mass is 16.3. The smallest absolute Gasteiger partial charge is 0.159 e. The van der Waals surface area contributed by atoms with Crippen molar-refractivity contribution in [2.75, 3.05) is 9.80 Å². The van der Waals surface area contributed by atoms with Crippen molar-refractivity contribution < 1.29 is 8.83 Å². The molecule has 0 spiro atoms. The SMILES string of the molecule is c1ccc(-c2c(N(c3cccc4c3oc3ccccc34)c3ccc4c5cc6c(cc5n5c7ccccc7c3c45)c3ccc(N(c4ccc5ccccc5c4-c4ccccc4)c4cccc5c4oc4ccccc45)c4c5ccccc5n6c34)ccc3ccccc23)cc1. The van der Waals surface area contributed by atoms with E-state index in [2.05, 4.69) is 322 Å². The molecule has 0 bridgehead atoms. The van der Waals surface area contributed by atoms with Crippen LogP contribution in [0.15, 0.2) is 312 Å². The second kappa shape index (κ2) is 18.6. The van der Waals surface area contributed by atoms with E-state index in [0.29, 0.717) is 0 Å². The summed E-state index contributed by atoms with van der Waals surface area (Å²) in [5.74, 6) is 0. The third kappa shape index (κ3) is 6.66. The van der Waals surface area contributed by atoms with Gasteiger partial charge in [0.15, 0.2) is 11.2 Å². The van der Waals surface area contributed by atoms with E-state index in [9.17, 15) is 0 Å². The van der Waals surface area contributed by atoms with E-state index in [1.807, 2.05) is 0 Å². The number of furan rings is 2. The fraction of sp³-hybridized carbons (Fsp3) is 0. The molecule has 6 heterocycles.